The Morgan fingerprint density at radius 1 is 1.35 bits per heavy atom. The normalized spacial score (nSPS) is 17.4. The van der Waals surface area contributed by atoms with Crippen LogP contribution in [0.15, 0.2) is 18.2 Å². The van der Waals surface area contributed by atoms with Crippen molar-refractivity contribution in [2.45, 2.75) is 51.5 Å². The first-order chi connectivity index (χ1) is 9.76. The number of benzene rings is 1. The summed E-state index contributed by atoms with van der Waals surface area (Å²) in [5.74, 6) is 0.839. The first-order valence-electron chi connectivity index (χ1n) is 7.81. The monoisotopic (exact) mass is 279 g/mol. The van der Waals surface area contributed by atoms with E-state index in [9.17, 15) is 4.39 Å². The summed E-state index contributed by atoms with van der Waals surface area (Å²) in [5, 5.41) is 3.62. The van der Waals surface area contributed by atoms with Crippen molar-refractivity contribution in [2.24, 2.45) is 5.92 Å². The van der Waals surface area contributed by atoms with Gasteiger partial charge >= 0.3 is 0 Å². The third-order valence-corrected chi connectivity index (χ3v) is 4.33. The van der Waals surface area contributed by atoms with Crippen LogP contribution in [0.1, 0.15) is 44.6 Å². The zero-order chi connectivity index (χ0) is 14.4. The van der Waals surface area contributed by atoms with Gasteiger partial charge in [0.1, 0.15) is 0 Å². The van der Waals surface area contributed by atoms with Crippen LogP contribution in [0.3, 0.4) is 0 Å². The molecular weight excluding hydrogens is 253 g/mol. The fourth-order valence-corrected chi connectivity index (χ4v) is 3.20. The van der Waals surface area contributed by atoms with Gasteiger partial charge in [0.15, 0.2) is 11.6 Å². The highest BCUT2D eigenvalue weighted by molar-refractivity contribution is 5.31. The van der Waals surface area contributed by atoms with Crippen molar-refractivity contribution in [2.75, 3.05) is 13.7 Å². The molecule has 0 saturated heterocycles. The van der Waals surface area contributed by atoms with Crippen molar-refractivity contribution in [1.29, 1.82) is 0 Å². The smallest absolute Gasteiger partial charge is 0.168 e. The second-order valence-corrected chi connectivity index (χ2v) is 5.74. The Balaban J connectivity index is 2.10. The summed E-state index contributed by atoms with van der Waals surface area (Å²) in [7, 11) is 1.52. The highest BCUT2D eigenvalue weighted by atomic mass is 19.1. The van der Waals surface area contributed by atoms with E-state index in [-0.39, 0.29) is 5.82 Å². The Hall–Kier alpha value is -1.09. The Morgan fingerprint density at radius 2 is 2.10 bits per heavy atom. The lowest BCUT2D eigenvalue weighted by molar-refractivity contribution is 0.347. The molecule has 20 heavy (non-hydrogen) atoms. The van der Waals surface area contributed by atoms with Crippen molar-refractivity contribution >= 4 is 0 Å². The van der Waals surface area contributed by atoms with E-state index >= 15 is 0 Å². The van der Waals surface area contributed by atoms with Crippen LogP contribution in [0.25, 0.3) is 0 Å². The number of nitrogens with one attached hydrogen (secondary N) is 1. The van der Waals surface area contributed by atoms with Crippen LogP contribution in [0.2, 0.25) is 0 Å². The molecule has 0 heterocycles. The van der Waals surface area contributed by atoms with Crippen LogP contribution < -0.4 is 10.1 Å². The van der Waals surface area contributed by atoms with E-state index in [1.807, 2.05) is 12.1 Å². The van der Waals surface area contributed by atoms with Gasteiger partial charge in [-0.1, -0.05) is 31.9 Å². The third kappa shape index (κ3) is 3.72. The first-order valence-corrected chi connectivity index (χ1v) is 7.81. The van der Waals surface area contributed by atoms with Crippen molar-refractivity contribution in [3.05, 3.63) is 29.6 Å². The summed E-state index contributed by atoms with van der Waals surface area (Å²) in [6.07, 6.45) is 7.04. The Labute approximate surface area is 121 Å². The maximum Gasteiger partial charge on any atom is 0.168 e. The fourth-order valence-electron chi connectivity index (χ4n) is 3.20. The molecule has 0 bridgehead atoms. The molecule has 0 aromatic heterocycles. The number of hydrogen-bond acceptors (Lipinski definition) is 2. The Morgan fingerprint density at radius 3 is 2.75 bits per heavy atom. The predicted molar refractivity (Wildman–Crippen MR) is 80.7 cm³/mol. The van der Waals surface area contributed by atoms with Crippen molar-refractivity contribution in [3.8, 4) is 5.75 Å². The number of rotatable bonds is 7. The van der Waals surface area contributed by atoms with Gasteiger partial charge in [0.25, 0.3) is 0 Å². The molecule has 1 N–H and O–H groups in total. The van der Waals surface area contributed by atoms with Gasteiger partial charge < -0.3 is 10.1 Å². The molecule has 1 atom stereocenters. The predicted octanol–water partition coefficient (Wildman–Crippen LogP) is 3.94. The second kappa shape index (κ2) is 7.63. The molecule has 1 unspecified atom stereocenters. The fraction of sp³-hybridized carbons (Fsp3) is 0.647. The SMILES string of the molecule is CCCNC(Cc1cccc(OC)c1F)C1CCCC1. The molecule has 1 aromatic carbocycles. The van der Waals surface area contributed by atoms with E-state index in [1.165, 1.54) is 32.8 Å². The zero-order valence-electron chi connectivity index (χ0n) is 12.6. The quantitative estimate of drug-likeness (QED) is 0.816. The minimum absolute atomic E-state index is 0.198. The van der Waals surface area contributed by atoms with E-state index in [1.54, 1.807) is 6.07 Å². The van der Waals surface area contributed by atoms with E-state index in [4.69, 9.17) is 4.74 Å². The molecule has 3 heteroatoms. The molecule has 1 saturated carbocycles. The van der Waals surface area contributed by atoms with Gasteiger partial charge in [-0.25, -0.2) is 4.39 Å². The molecule has 0 spiro atoms. The van der Waals surface area contributed by atoms with Gasteiger partial charge in [-0.2, -0.15) is 0 Å². The molecule has 0 radical (unpaired) electrons. The number of halogens is 1. The average molecular weight is 279 g/mol. The molecule has 0 aliphatic heterocycles. The topological polar surface area (TPSA) is 21.3 Å². The van der Waals surface area contributed by atoms with E-state index in [2.05, 4.69) is 12.2 Å². The number of methoxy groups -OCH3 is 1. The van der Waals surface area contributed by atoms with Gasteiger partial charge in [-0.05, 0) is 49.8 Å². The first kappa shape index (κ1) is 15.3. The summed E-state index contributed by atoms with van der Waals surface area (Å²) in [6.45, 7) is 3.18. The number of hydrogen-bond donors (Lipinski definition) is 1. The zero-order valence-corrected chi connectivity index (χ0v) is 12.6. The summed E-state index contributed by atoms with van der Waals surface area (Å²) in [4.78, 5) is 0. The molecule has 1 aromatic rings. The third-order valence-electron chi connectivity index (χ3n) is 4.33. The van der Waals surface area contributed by atoms with Gasteiger partial charge in [-0.15, -0.1) is 0 Å². The Bertz CT molecular complexity index is 415. The van der Waals surface area contributed by atoms with Gasteiger partial charge in [0.2, 0.25) is 0 Å². The lowest BCUT2D eigenvalue weighted by Crippen LogP contribution is -2.37. The summed E-state index contributed by atoms with van der Waals surface area (Å²) < 4.78 is 19.4. The summed E-state index contributed by atoms with van der Waals surface area (Å²) >= 11 is 0. The summed E-state index contributed by atoms with van der Waals surface area (Å²) in [5.41, 5.74) is 0.768. The molecule has 1 fully saturated rings. The van der Waals surface area contributed by atoms with Crippen molar-refractivity contribution in [3.63, 3.8) is 0 Å². The van der Waals surface area contributed by atoms with E-state index in [0.29, 0.717) is 17.7 Å². The van der Waals surface area contributed by atoms with Crippen LogP contribution in [-0.4, -0.2) is 19.7 Å². The molecule has 0 amide bonds. The average Bonchev–Trinajstić information content (AvgIpc) is 2.99. The highest BCUT2D eigenvalue weighted by Gasteiger charge is 2.25. The lowest BCUT2D eigenvalue weighted by Gasteiger charge is -2.25. The van der Waals surface area contributed by atoms with Crippen LogP contribution in [-0.2, 0) is 6.42 Å². The van der Waals surface area contributed by atoms with Crippen molar-refractivity contribution < 1.29 is 9.13 Å². The molecule has 2 nitrogen and oxygen atoms in total. The van der Waals surface area contributed by atoms with Gasteiger partial charge in [0.05, 0.1) is 7.11 Å². The van der Waals surface area contributed by atoms with Crippen LogP contribution >= 0.6 is 0 Å². The number of ether oxygens (including phenoxy) is 1. The molecule has 1 aliphatic rings. The van der Waals surface area contributed by atoms with Crippen LogP contribution in [0.4, 0.5) is 4.39 Å². The molecular formula is C17H26FNO. The van der Waals surface area contributed by atoms with E-state index < -0.39 is 0 Å². The largest absolute Gasteiger partial charge is 0.494 e. The van der Waals surface area contributed by atoms with Gasteiger partial charge in [-0.3, -0.25) is 0 Å². The minimum Gasteiger partial charge on any atom is -0.494 e. The highest BCUT2D eigenvalue weighted by Crippen LogP contribution is 2.30. The molecule has 112 valence electrons. The van der Waals surface area contributed by atoms with E-state index in [0.717, 1.165) is 24.9 Å². The Kier molecular flexibility index (Phi) is 5.84. The molecule has 2 rings (SSSR count). The van der Waals surface area contributed by atoms with Crippen molar-refractivity contribution in [1.82, 2.24) is 5.32 Å². The standard InChI is InChI=1S/C17H26FNO/c1-3-11-19-15(13-7-4-5-8-13)12-14-9-6-10-16(20-2)17(14)18/h6,9-10,13,15,19H,3-5,7-8,11-12H2,1-2H3. The van der Waals surface area contributed by atoms with Crippen LogP contribution in [0.5, 0.6) is 5.75 Å². The second-order valence-electron chi connectivity index (χ2n) is 5.74. The maximum atomic E-state index is 14.3. The minimum atomic E-state index is -0.198. The lowest BCUT2D eigenvalue weighted by atomic mass is 9.91. The van der Waals surface area contributed by atoms with Gasteiger partial charge in [0, 0.05) is 6.04 Å². The van der Waals surface area contributed by atoms with Crippen LogP contribution in [0, 0.1) is 11.7 Å². The molecule has 1 aliphatic carbocycles. The summed E-state index contributed by atoms with van der Waals surface area (Å²) in [6, 6.07) is 5.83. The maximum absolute atomic E-state index is 14.3.